The summed E-state index contributed by atoms with van der Waals surface area (Å²) in [6, 6.07) is 2.01. The van der Waals surface area contributed by atoms with Gasteiger partial charge in [-0.1, -0.05) is 13.8 Å². The highest BCUT2D eigenvalue weighted by Crippen LogP contribution is 2.14. The minimum atomic E-state index is -2.95. The zero-order valence-corrected chi connectivity index (χ0v) is 9.97. The molecule has 0 aliphatic rings. The zero-order valence-electron chi connectivity index (χ0n) is 9.16. The second-order valence-electron chi connectivity index (χ2n) is 3.93. The van der Waals surface area contributed by atoms with Crippen LogP contribution in [0.15, 0.2) is 0 Å². The smallest absolute Gasteiger partial charge is 0.153 e. The van der Waals surface area contributed by atoms with Crippen LogP contribution >= 0.6 is 0 Å². The fraction of sp³-hybridized carbons (Fsp3) is 0.900. The molecule has 0 heterocycles. The van der Waals surface area contributed by atoms with Gasteiger partial charge in [-0.05, 0) is 25.7 Å². The Labute approximate surface area is 87.0 Å². The van der Waals surface area contributed by atoms with E-state index in [9.17, 15) is 8.42 Å². The SMILES string of the molecule is CC(C)C(C)S(=O)(=O)CCCCC#N. The first-order valence-corrected chi connectivity index (χ1v) is 6.72. The maximum atomic E-state index is 11.7. The Kier molecular flexibility index (Phi) is 5.78. The van der Waals surface area contributed by atoms with E-state index in [1.54, 1.807) is 6.92 Å². The van der Waals surface area contributed by atoms with Crippen LogP contribution < -0.4 is 0 Å². The highest BCUT2D eigenvalue weighted by molar-refractivity contribution is 7.92. The lowest BCUT2D eigenvalue weighted by Gasteiger charge is -2.15. The standard InChI is InChI=1S/C10H19NO2S/c1-9(2)10(3)14(12,13)8-6-4-5-7-11/h9-10H,4-6,8H2,1-3H3. The van der Waals surface area contributed by atoms with Crippen molar-refractivity contribution in [3.05, 3.63) is 0 Å². The fourth-order valence-corrected chi connectivity index (χ4v) is 2.92. The molecule has 0 saturated heterocycles. The number of sulfone groups is 1. The van der Waals surface area contributed by atoms with Crippen LogP contribution in [0.25, 0.3) is 0 Å². The van der Waals surface area contributed by atoms with E-state index in [-0.39, 0.29) is 16.9 Å². The molecular formula is C10H19NO2S. The molecule has 0 aromatic carbocycles. The maximum absolute atomic E-state index is 11.7. The summed E-state index contributed by atoms with van der Waals surface area (Å²) in [6.45, 7) is 5.58. The summed E-state index contributed by atoms with van der Waals surface area (Å²) in [5.41, 5.74) is 0. The molecule has 0 spiro atoms. The first kappa shape index (κ1) is 13.4. The summed E-state index contributed by atoms with van der Waals surface area (Å²) in [7, 11) is -2.95. The van der Waals surface area contributed by atoms with E-state index in [0.717, 1.165) is 0 Å². The van der Waals surface area contributed by atoms with Gasteiger partial charge in [0, 0.05) is 6.42 Å². The van der Waals surface area contributed by atoms with Crippen molar-refractivity contribution in [1.82, 2.24) is 0 Å². The van der Waals surface area contributed by atoms with E-state index in [0.29, 0.717) is 19.3 Å². The second kappa shape index (κ2) is 6.02. The first-order valence-electron chi connectivity index (χ1n) is 5.00. The van der Waals surface area contributed by atoms with Gasteiger partial charge in [-0.3, -0.25) is 0 Å². The highest BCUT2D eigenvalue weighted by atomic mass is 32.2. The Morgan fingerprint density at radius 1 is 1.21 bits per heavy atom. The average Bonchev–Trinajstić information content (AvgIpc) is 2.11. The van der Waals surface area contributed by atoms with Crippen LogP contribution in [0.2, 0.25) is 0 Å². The molecule has 0 bridgehead atoms. The highest BCUT2D eigenvalue weighted by Gasteiger charge is 2.22. The largest absolute Gasteiger partial charge is 0.229 e. The van der Waals surface area contributed by atoms with Crippen molar-refractivity contribution in [3.63, 3.8) is 0 Å². The van der Waals surface area contributed by atoms with Gasteiger partial charge >= 0.3 is 0 Å². The number of rotatable bonds is 6. The number of nitriles is 1. The molecule has 0 fully saturated rings. The number of unbranched alkanes of at least 4 members (excludes halogenated alkanes) is 2. The maximum Gasteiger partial charge on any atom is 0.153 e. The summed E-state index contributed by atoms with van der Waals surface area (Å²) in [6.07, 6.45) is 1.74. The molecule has 3 nitrogen and oxygen atoms in total. The van der Waals surface area contributed by atoms with Gasteiger partial charge in [0.2, 0.25) is 0 Å². The zero-order chi connectivity index (χ0) is 11.2. The van der Waals surface area contributed by atoms with Gasteiger partial charge in [-0.15, -0.1) is 0 Å². The molecule has 1 atom stereocenters. The molecule has 0 aromatic heterocycles. The molecule has 14 heavy (non-hydrogen) atoms. The lowest BCUT2D eigenvalue weighted by molar-refractivity contribution is 0.543. The molecule has 0 amide bonds. The van der Waals surface area contributed by atoms with Crippen LogP contribution in [0.1, 0.15) is 40.0 Å². The molecule has 0 rings (SSSR count). The topological polar surface area (TPSA) is 57.9 Å². The second-order valence-corrected chi connectivity index (χ2v) is 6.41. The third-order valence-electron chi connectivity index (χ3n) is 2.47. The summed E-state index contributed by atoms with van der Waals surface area (Å²) in [5.74, 6) is 0.379. The van der Waals surface area contributed by atoms with Crippen molar-refractivity contribution >= 4 is 9.84 Å². The Morgan fingerprint density at radius 2 is 1.79 bits per heavy atom. The van der Waals surface area contributed by atoms with Gasteiger partial charge < -0.3 is 0 Å². The molecule has 0 aromatic rings. The average molecular weight is 217 g/mol. The third kappa shape index (κ3) is 4.61. The van der Waals surface area contributed by atoms with Gasteiger partial charge in [-0.25, -0.2) is 8.42 Å². The van der Waals surface area contributed by atoms with Crippen molar-refractivity contribution in [1.29, 1.82) is 5.26 Å². The monoisotopic (exact) mass is 217 g/mol. The summed E-state index contributed by atoms with van der Waals surface area (Å²) >= 11 is 0. The molecule has 0 saturated carbocycles. The molecule has 4 heteroatoms. The Bertz CT molecular complexity index is 288. The van der Waals surface area contributed by atoms with Crippen molar-refractivity contribution in [2.24, 2.45) is 5.92 Å². The van der Waals surface area contributed by atoms with Crippen molar-refractivity contribution in [3.8, 4) is 6.07 Å². The molecule has 82 valence electrons. The van der Waals surface area contributed by atoms with Gasteiger partial charge in [0.05, 0.1) is 17.1 Å². The Morgan fingerprint density at radius 3 is 2.21 bits per heavy atom. The predicted molar refractivity (Wildman–Crippen MR) is 57.6 cm³/mol. The van der Waals surface area contributed by atoms with Crippen LogP contribution in [-0.2, 0) is 9.84 Å². The van der Waals surface area contributed by atoms with Crippen molar-refractivity contribution < 1.29 is 8.42 Å². The first-order chi connectivity index (χ1) is 6.41. The molecular weight excluding hydrogens is 198 g/mol. The minimum absolute atomic E-state index is 0.163. The fourth-order valence-electron chi connectivity index (χ4n) is 1.11. The van der Waals surface area contributed by atoms with Gasteiger partial charge in [-0.2, -0.15) is 5.26 Å². The van der Waals surface area contributed by atoms with E-state index in [4.69, 9.17) is 5.26 Å². The minimum Gasteiger partial charge on any atom is -0.229 e. The summed E-state index contributed by atoms with van der Waals surface area (Å²) in [4.78, 5) is 0. The molecule has 1 unspecified atom stereocenters. The van der Waals surface area contributed by atoms with E-state index in [2.05, 4.69) is 0 Å². The lowest BCUT2D eigenvalue weighted by atomic mass is 10.2. The predicted octanol–water partition coefficient (Wildman–Crippen LogP) is 2.14. The third-order valence-corrected chi connectivity index (χ3v) is 5.01. The van der Waals surface area contributed by atoms with Crippen LogP contribution in [0.4, 0.5) is 0 Å². The summed E-state index contributed by atoms with van der Waals surface area (Å²) in [5, 5.41) is 8.02. The van der Waals surface area contributed by atoms with Crippen molar-refractivity contribution in [2.45, 2.75) is 45.3 Å². The molecule has 0 N–H and O–H groups in total. The lowest BCUT2D eigenvalue weighted by Crippen LogP contribution is -2.25. The van der Waals surface area contributed by atoms with Gasteiger partial charge in [0.1, 0.15) is 0 Å². The van der Waals surface area contributed by atoms with E-state index >= 15 is 0 Å². The molecule has 0 radical (unpaired) electrons. The van der Waals surface area contributed by atoms with E-state index in [1.807, 2.05) is 19.9 Å². The number of hydrogen-bond donors (Lipinski definition) is 0. The molecule has 0 aliphatic carbocycles. The quantitative estimate of drug-likeness (QED) is 0.640. The van der Waals surface area contributed by atoms with Crippen LogP contribution in [0.3, 0.4) is 0 Å². The Balaban J connectivity index is 4.04. The normalized spacial score (nSPS) is 13.9. The van der Waals surface area contributed by atoms with Crippen LogP contribution in [0, 0.1) is 17.2 Å². The van der Waals surface area contributed by atoms with E-state index in [1.165, 1.54) is 0 Å². The van der Waals surface area contributed by atoms with Gasteiger partial charge in [0.15, 0.2) is 9.84 Å². The van der Waals surface area contributed by atoms with Gasteiger partial charge in [0.25, 0.3) is 0 Å². The summed E-state index contributed by atoms with van der Waals surface area (Å²) < 4.78 is 23.3. The van der Waals surface area contributed by atoms with Crippen LogP contribution in [0.5, 0.6) is 0 Å². The number of hydrogen-bond acceptors (Lipinski definition) is 3. The number of nitrogens with zero attached hydrogens (tertiary/aromatic N) is 1. The molecule has 0 aliphatic heterocycles. The van der Waals surface area contributed by atoms with Crippen LogP contribution in [-0.4, -0.2) is 19.4 Å². The van der Waals surface area contributed by atoms with E-state index < -0.39 is 9.84 Å². The van der Waals surface area contributed by atoms with Crippen molar-refractivity contribution in [2.75, 3.05) is 5.75 Å². The Hall–Kier alpha value is -0.560.